The highest BCUT2D eigenvalue weighted by atomic mass is 16.2. The molecule has 1 aliphatic heterocycles. The van der Waals surface area contributed by atoms with Crippen LogP contribution in [0, 0.1) is 5.92 Å². The molecule has 124 valence electrons. The zero-order valence-corrected chi connectivity index (χ0v) is 13.9. The van der Waals surface area contributed by atoms with E-state index < -0.39 is 0 Å². The standard InChI is InChI=1S/C17H25N5O/c1-13(2)8-9-18-17(23)21-10-5-6-14(12-21)16-20-19-15-7-3-4-11-22(15)16/h3-4,7,11,13-14H,5-6,8-10,12H2,1-2H3,(H,18,23). The molecule has 0 radical (unpaired) electrons. The molecular weight excluding hydrogens is 290 g/mol. The molecule has 6 nitrogen and oxygen atoms in total. The van der Waals surface area contributed by atoms with E-state index in [9.17, 15) is 4.79 Å². The average Bonchev–Trinajstić information content (AvgIpc) is 2.98. The normalized spacial score (nSPS) is 18.6. The van der Waals surface area contributed by atoms with Gasteiger partial charge in [0.05, 0.1) is 0 Å². The van der Waals surface area contributed by atoms with Crippen LogP contribution in [0.5, 0.6) is 0 Å². The average molecular weight is 315 g/mol. The second kappa shape index (κ2) is 6.98. The molecule has 6 heteroatoms. The molecule has 3 heterocycles. The highest BCUT2D eigenvalue weighted by Gasteiger charge is 2.27. The number of pyridine rings is 1. The molecule has 2 amide bonds. The highest BCUT2D eigenvalue weighted by Crippen LogP contribution is 2.26. The molecule has 0 spiro atoms. The lowest BCUT2D eigenvalue weighted by Crippen LogP contribution is -2.45. The molecule has 1 aliphatic rings. The van der Waals surface area contributed by atoms with E-state index in [1.54, 1.807) is 0 Å². The SMILES string of the molecule is CC(C)CCNC(=O)N1CCCC(c2nnc3ccccn23)C1. The number of carbonyl (C=O) groups excluding carboxylic acids is 1. The summed E-state index contributed by atoms with van der Waals surface area (Å²) in [4.78, 5) is 14.2. The first-order valence-corrected chi connectivity index (χ1v) is 8.47. The Bertz CT molecular complexity index is 666. The predicted molar refractivity (Wildman–Crippen MR) is 89.4 cm³/mol. The van der Waals surface area contributed by atoms with Crippen molar-refractivity contribution in [1.82, 2.24) is 24.8 Å². The first-order chi connectivity index (χ1) is 11.1. The summed E-state index contributed by atoms with van der Waals surface area (Å²) in [5, 5.41) is 11.6. The monoisotopic (exact) mass is 315 g/mol. The molecule has 0 aliphatic carbocycles. The van der Waals surface area contributed by atoms with E-state index in [2.05, 4.69) is 29.4 Å². The second-order valence-corrected chi connectivity index (χ2v) is 6.69. The number of nitrogens with one attached hydrogen (secondary N) is 1. The van der Waals surface area contributed by atoms with Crippen LogP contribution in [0.15, 0.2) is 24.4 Å². The molecule has 1 saturated heterocycles. The third kappa shape index (κ3) is 3.63. The summed E-state index contributed by atoms with van der Waals surface area (Å²) in [6.07, 6.45) is 5.06. The summed E-state index contributed by atoms with van der Waals surface area (Å²) < 4.78 is 2.03. The van der Waals surface area contributed by atoms with Gasteiger partial charge in [-0.15, -0.1) is 10.2 Å². The maximum absolute atomic E-state index is 12.3. The van der Waals surface area contributed by atoms with Crippen LogP contribution in [0.2, 0.25) is 0 Å². The van der Waals surface area contributed by atoms with Crippen molar-refractivity contribution in [2.45, 2.75) is 39.0 Å². The maximum atomic E-state index is 12.3. The van der Waals surface area contributed by atoms with Crippen LogP contribution in [0.25, 0.3) is 5.65 Å². The number of amides is 2. The van der Waals surface area contributed by atoms with Gasteiger partial charge in [0.1, 0.15) is 5.82 Å². The molecule has 1 atom stereocenters. The third-order valence-electron chi connectivity index (χ3n) is 4.41. The van der Waals surface area contributed by atoms with Crippen LogP contribution in [0.4, 0.5) is 4.79 Å². The number of nitrogens with zero attached hydrogens (tertiary/aromatic N) is 4. The number of hydrogen-bond acceptors (Lipinski definition) is 3. The van der Waals surface area contributed by atoms with Gasteiger partial charge in [-0.3, -0.25) is 4.40 Å². The Hall–Kier alpha value is -2.11. The molecule has 23 heavy (non-hydrogen) atoms. The van der Waals surface area contributed by atoms with Gasteiger partial charge >= 0.3 is 6.03 Å². The van der Waals surface area contributed by atoms with Gasteiger partial charge < -0.3 is 10.2 Å². The van der Waals surface area contributed by atoms with Crippen molar-refractivity contribution in [1.29, 1.82) is 0 Å². The quantitative estimate of drug-likeness (QED) is 0.943. The van der Waals surface area contributed by atoms with Gasteiger partial charge in [0.15, 0.2) is 5.65 Å². The topological polar surface area (TPSA) is 62.5 Å². The number of likely N-dealkylation sites (tertiary alicyclic amines) is 1. The lowest BCUT2D eigenvalue weighted by atomic mass is 9.97. The van der Waals surface area contributed by atoms with Gasteiger partial charge in [-0.05, 0) is 37.3 Å². The Morgan fingerprint density at radius 2 is 2.26 bits per heavy atom. The van der Waals surface area contributed by atoms with Crippen LogP contribution in [-0.4, -0.2) is 45.2 Å². The van der Waals surface area contributed by atoms with E-state index in [-0.39, 0.29) is 11.9 Å². The van der Waals surface area contributed by atoms with Gasteiger partial charge in [-0.25, -0.2) is 4.79 Å². The fraction of sp³-hybridized carbons (Fsp3) is 0.588. The maximum Gasteiger partial charge on any atom is 0.317 e. The molecule has 1 unspecified atom stereocenters. The zero-order chi connectivity index (χ0) is 16.2. The molecule has 1 N–H and O–H groups in total. The number of hydrogen-bond donors (Lipinski definition) is 1. The Labute approximate surface area is 136 Å². The molecular formula is C17H25N5O. The van der Waals surface area contributed by atoms with Crippen molar-refractivity contribution in [3.8, 4) is 0 Å². The Morgan fingerprint density at radius 3 is 3.09 bits per heavy atom. The smallest absolute Gasteiger partial charge is 0.317 e. The largest absolute Gasteiger partial charge is 0.338 e. The summed E-state index contributed by atoms with van der Waals surface area (Å²) in [7, 11) is 0. The van der Waals surface area contributed by atoms with Crippen LogP contribution in [0.3, 0.4) is 0 Å². The molecule has 0 bridgehead atoms. The number of fused-ring (bicyclic) bond motifs is 1. The number of piperidine rings is 1. The lowest BCUT2D eigenvalue weighted by molar-refractivity contribution is 0.177. The summed E-state index contributed by atoms with van der Waals surface area (Å²) in [6, 6.07) is 5.95. The van der Waals surface area contributed by atoms with Crippen molar-refractivity contribution in [3.05, 3.63) is 30.2 Å². The van der Waals surface area contributed by atoms with E-state index in [0.29, 0.717) is 12.5 Å². The van der Waals surface area contributed by atoms with Crippen molar-refractivity contribution in [3.63, 3.8) is 0 Å². The minimum atomic E-state index is 0.0455. The van der Waals surface area contributed by atoms with Crippen LogP contribution in [-0.2, 0) is 0 Å². The van der Waals surface area contributed by atoms with Crippen molar-refractivity contribution >= 4 is 11.7 Å². The van der Waals surface area contributed by atoms with E-state index in [1.807, 2.05) is 33.7 Å². The lowest BCUT2D eigenvalue weighted by Gasteiger charge is -2.32. The Balaban J connectivity index is 1.65. The van der Waals surface area contributed by atoms with E-state index in [4.69, 9.17) is 0 Å². The predicted octanol–water partition coefficient (Wildman–Crippen LogP) is 2.66. The van der Waals surface area contributed by atoms with Gasteiger partial charge in [-0.2, -0.15) is 0 Å². The highest BCUT2D eigenvalue weighted by molar-refractivity contribution is 5.74. The number of rotatable bonds is 4. The summed E-state index contributed by atoms with van der Waals surface area (Å²) in [6.45, 7) is 6.61. The van der Waals surface area contributed by atoms with Gasteiger partial charge in [0.25, 0.3) is 0 Å². The Kier molecular flexibility index (Phi) is 4.79. The summed E-state index contributed by atoms with van der Waals surface area (Å²) >= 11 is 0. The van der Waals surface area contributed by atoms with E-state index in [0.717, 1.165) is 43.8 Å². The molecule has 2 aromatic heterocycles. The van der Waals surface area contributed by atoms with Crippen LogP contribution >= 0.6 is 0 Å². The summed E-state index contributed by atoms with van der Waals surface area (Å²) in [5.74, 6) is 1.81. The van der Waals surface area contributed by atoms with Crippen molar-refractivity contribution in [2.75, 3.05) is 19.6 Å². The minimum absolute atomic E-state index is 0.0455. The van der Waals surface area contributed by atoms with Crippen LogP contribution < -0.4 is 5.32 Å². The minimum Gasteiger partial charge on any atom is -0.338 e. The van der Waals surface area contributed by atoms with Crippen molar-refractivity contribution < 1.29 is 4.79 Å². The third-order valence-corrected chi connectivity index (χ3v) is 4.41. The number of aromatic nitrogens is 3. The molecule has 3 rings (SSSR count). The fourth-order valence-corrected chi connectivity index (χ4v) is 3.09. The molecule has 0 saturated carbocycles. The number of carbonyl (C=O) groups is 1. The van der Waals surface area contributed by atoms with Gasteiger partial charge in [0, 0.05) is 31.7 Å². The molecule has 1 fully saturated rings. The zero-order valence-electron chi connectivity index (χ0n) is 13.9. The van der Waals surface area contributed by atoms with Gasteiger partial charge in [0.2, 0.25) is 0 Å². The summed E-state index contributed by atoms with van der Waals surface area (Å²) in [5.41, 5.74) is 0.862. The number of urea groups is 1. The fourth-order valence-electron chi connectivity index (χ4n) is 3.09. The van der Waals surface area contributed by atoms with Crippen LogP contribution in [0.1, 0.15) is 44.9 Å². The first kappa shape index (κ1) is 15.8. The van der Waals surface area contributed by atoms with Gasteiger partial charge in [-0.1, -0.05) is 19.9 Å². The molecule has 2 aromatic rings. The van der Waals surface area contributed by atoms with Crippen molar-refractivity contribution in [2.24, 2.45) is 5.92 Å². The van der Waals surface area contributed by atoms with E-state index >= 15 is 0 Å². The Morgan fingerprint density at radius 1 is 1.39 bits per heavy atom. The van der Waals surface area contributed by atoms with E-state index in [1.165, 1.54) is 0 Å². The first-order valence-electron chi connectivity index (χ1n) is 8.47. The molecule has 0 aromatic carbocycles. The second-order valence-electron chi connectivity index (χ2n) is 6.69.